The summed E-state index contributed by atoms with van der Waals surface area (Å²) in [7, 11) is -3.99. The second-order valence-electron chi connectivity index (χ2n) is 14.4. The van der Waals surface area contributed by atoms with E-state index in [-0.39, 0.29) is 36.0 Å². The fraction of sp³-hybridized carbons (Fsp3) is 0.326. The monoisotopic (exact) mass is 776 g/mol. The predicted molar refractivity (Wildman–Crippen MR) is 214 cm³/mol. The van der Waals surface area contributed by atoms with Gasteiger partial charge in [-0.2, -0.15) is 4.72 Å². The molecular weight excluding hydrogens is 729 g/mol. The standard InChI is InChI=1S/C43H48N6O6S/c1-30-9-19-37(20-10-30)56(52,53)47-38(27-32-7-4-3-5-8-32)41(51)46-36-17-15-35(16-18-36)42-54-39(31(2)40(55-42)34-13-11-33(29-50)12-14-34)28-48-23-25-49(26-24-48)43-44-21-6-22-45-43/h3-22,31,38-40,42,47,50H,23-29H2,1-2H3,(H,46,51)/t31-,38+,39+,40+,42+/m0/s1. The van der Waals surface area contributed by atoms with Crippen molar-refractivity contribution in [3.05, 3.63) is 149 Å². The van der Waals surface area contributed by atoms with Gasteiger partial charge in [-0.1, -0.05) is 91.3 Å². The molecule has 2 aliphatic heterocycles. The minimum absolute atomic E-state index is 0.0190. The molecule has 0 saturated carbocycles. The molecule has 292 valence electrons. The molecule has 2 saturated heterocycles. The van der Waals surface area contributed by atoms with E-state index in [0.717, 1.165) is 59.9 Å². The quantitative estimate of drug-likeness (QED) is 0.142. The molecule has 3 heterocycles. The highest BCUT2D eigenvalue weighted by molar-refractivity contribution is 7.89. The lowest BCUT2D eigenvalue weighted by molar-refractivity contribution is -0.276. The summed E-state index contributed by atoms with van der Waals surface area (Å²) in [6.45, 7) is 8.01. The van der Waals surface area contributed by atoms with Crippen molar-refractivity contribution in [2.45, 2.75) is 56.3 Å². The maximum atomic E-state index is 13.8. The summed E-state index contributed by atoms with van der Waals surface area (Å²) in [5.41, 5.74) is 4.86. The highest BCUT2D eigenvalue weighted by Crippen LogP contribution is 2.42. The largest absolute Gasteiger partial charge is 0.392 e. The van der Waals surface area contributed by atoms with Crippen LogP contribution >= 0.6 is 0 Å². The number of hydrogen-bond acceptors (Lipinski definition) is 10. The molecule has 12 nitrogen and oxygen atoms in total. The lowest BCUT2D eigenvalue weighted by Gasteiger charge is -2.44. The number of anilines is 2. The zero-order valence-electron chi connectivity index (χ0n) is 31.6. The Kier molecular flexibility index (Phi) is 12.5. The number of ether oxygens (including phenoxy) is 2. The number of benzene rings is 4. The Labute approximate surface area is 328 Å². The van der Waals surface area contributed by atoms with Crippen molar-refractivity contribution in [1.29, 1.82) is 0 Å². The van der Waals surface area contributed by atoms with Crippen LogP contribution in [-0.4, -0.2) is 79.2 Å². The molecule has 1 amide bonds. The number of rotatable bonds is 13. The van der Waals surface area contributed by atoms with Gasteiger partial charge >= 0.3 is 0 Å². The molecule has 0 unspecified atom stereocenters. The van der Waals surface area contributed by atoms with Gasteiger partial charge in [0.1, 0.15) is 6.04 Å². The lowest BCUT2D eigenvalue weighted by atomic mass is 9.90. The maximum Gasteiger partial charge on any atom is 0.242 e. The molecule has 0 spiro atoms. The molecule has 0 bridgehead atoms. The number of piperazine rings is 1. The van der Waals surface area contributed by atoms with Gasteiger partial charge in [0.2, 0.25) is 21.9 Å². The minimum atomic E-state index is -3.99. The van der Waals surface area contributed by atoms with Crippen molar-refractivity contribution in [2.24, 2.45) is 5.92 Å². The molecule has 0 radical (unpaired) electrons. The van der Waals surface area contributed by atoms with E-state index in [1.807, 2.05) is 79.7 Å². The Balaban J connectivity index is 1.06. The van der Waals surface area contributed by atoms with Crippen LogP contribution in [0.25, 0.3) is 0 Å². The zero-order chi connectivity index (χ0) is 39.1. The topological polar surface area (TPSA) is 146 Å². The molecule has 5 aromatic rings. The van der Waals surface area contributed by atoms with Crippen LogP contribution < -0.4 is 14.9 Å². The van der Waals surface area contributed by atoms with Gasteiger partial charge in [0.15, 0.2) is 6.29 Å². The fourth-order valence-corrected chi connectivity index (χ4v) is 8.33. The first-order valence-corrected chi connectivity index (χ1v) is 20.4. The molecule has 13 heteroatoms. The number of sulfonamides is 1. The van der Waals surface area contributed by atoms with E-state index in [2.05, 4.69) is 36.7 Å². The van der Waals surface area contributed by atoms with Gasteiger partial charge in [-0.15, -0.1) is 0 Å². The number of nitrogens with one attached hydrogen (secondary N) is 2. The van der Waals surface area contributed by atoms with Gasteiger partial charge in [0.25, 0.3) is 0 Å². The van der Waals surface area contributed by atoms with Crippen LogP contribution in [0.2, 0.25) is 0 Å². The van der Waals surface area contributed by atoms with E-state index in [1.165, 1.54) is 12.1 Å². The van der Waals surface area contributed by atoms with Crippen LogP contribution in [0.1, 0.15) is 47.1 Å². The van der Waals surface area contributed by atoms with E-state index in [1.54, 1.807) is 36.7 Å². The van der Waals surface area contributed by atoms with Crippen LogP contribution in [0.5, 0.6) is 0 Å². The van der Waals surface area contributed by atoms with Gasteiger partial charge < -0.3 is 24.8 Å². The summed E-state index contributed by atoms with van der Waals surface area (Å²) >= 11 is 0. The third kappa shape index (κ3) is 9.67. The molecule has 2 fully saturated rings. The number of hydrogen-bond donors (Lipinski definition) is 3. The van der Waals surface area contributed by atoms with E-state index in [9.17, 15) is 18.3 Å². The first kappa shape index (κ1) is 39.2. The van der Waals surface area contributed by atoms with Crippen molar-refractivity contribution < 1.29 is 27.8 Å². The second-order valence-corrected chi connectivity index (χ2v) is 16.2. The van der Waals surface area contributed by atoms with Crippen LogP contribution in [-0.2, 0) is 37.3 Å². The molecule has 2 aliphatic rings. The highest BCUT2D eigenvalue weighted by atomic mass is 32.2. The maximum absolute atomic E-state index is 13.8. The van der Waals surface area contributed by atoms with Crippen LogP contribution in [0.4, 0.5) is 11.6 Å². The molecular formula is C43H48N6O6S. The Bertz CT molecular complexity index is 2130. The third-order valence-corrected chi connectivity index (χ3v) is 11.9. The van der Waals surface area contributed by atoms with Crippen molar-refractivity contribution in [1.82, 2.24) is 19.6 Å². The number of carbonyl (C=O) groups excluding carboxylic acids is 1. The van der Waals surface area contributed by atoms with E-state index < -0.39 is 28.3 Å². The second kappa shape index (κ2) is 17.8. The van der Waals surface area contributed by atoms with Crippen molar-refractivity contribution in [3.8, 4) is 0 Å². The fourth-order valence-electron chi connectivity index (χ4n) is 7.13. The first-order chi connectivity index (χ1) is 27.1. The van der Waals surface area contributed by atoms with Gasteiger partial charge in [-0.3, -0.25) is 9.69 Å². The Morgan fingerprint density at radius 2 is 1.48 bits per heavy atom. The molecule has 1 aromatic heterocycles. The summed E-state index contributed by atoms with van der Waals surface area (Å²) in [5, 5.41) is 12.6. The molecule has 7 rings (SSSR count). The van der Waals surface area contributed by atoms with E-state index >= 15 is 0 Å². The summed E-state index contributed by atoms with van der Waals surface area (Å²) in [6.07, 6.45) is 2.57. The van der Waals surface area contributed by atoms with E-state index in [0.29, 0.717) is 12.2 Å². The summed E-state index contributed by atoms with van der Waals surface area (Å²) < 4.78 is 42.8. The van der Waals surface area contributed by atoms with Crippen LogP contribution in [0.15, 0.2) is 126 Å². The molecule has 5 atom stereocenters. The first-order valence-electron chi connectivity index (χ1n) is 18.9. The van der Waals surface area contributed by atoms with Crippen molar-refractivity contribution in [2.75, 3.05) is 42.9 Å². The normalized spacial score (nSPS) is 21.0. The van der Waals surface area contributed by atoms with Crippen molar-refractivity contribution >= 4 is 27.6 Å². The Hall–Kier alpha value is -5.02. The predicted octanol–water partition coefficient (Wildman–Crippen LogP) is 5.42. The number of amides is 1. The number of aryl methyl sites for hydroxylation is 1. The average molecular weight is 777 g/mol. The summed E-state index contributed by atoms with van der Waals surface area (Å²) in [4.78, 5) is 27.3. The molecule has 0 aliphatic carbocycles. The zero-order valence-corrected chi connectivity index (χ0v) is 32.4. The number of aliphatic hydroxyl groups excluding tert-OH is 1. The summed E-state index contributed by atoms with van der Waals surface area (Å²) in [6, 6.07) is 31.7. The molecule has 3 N–H and O–H groups in total. The number of aromatic nitrogens is 2. The van der Waals surface area contributed by atoms with Gasteiger partial charge in [0, 0.05) is 62.3 Å². The average Bonchev–Trinajstić information content (AvgIpc) is 3.23. The molecule has 4 aromatic carbocycles. The van der Waals surface area contributed by atoms with Gasteiger partial charge in [-0.05, 0) is 60.4 Å². The summed E-state index contributed by atoms with van der Waals surface area (Å²) in [5.74, 6) is 0.274. The third-order valence-electron chi connectivity index (χ3n) is 10.4. The highest BCUT2D eigenvalue weighted by Gasteiger charge is 2.39. The SMILES string of the molecule is Cc1ccc(S(=O)(=O)N[C@H](Cc2ccccc2)C(=O)Nc2ccc([C@@H]3O[C@H](CN4CCN(c5ncccn5)CC4)[C@H](C)[C@H](c4ccc(CO)cc4)O3)cc2)cc1. The number of carbonyl (C=O) groups is 1. The van der Waals surface area contributed by atoms with Crippen molar-refractivity contribution in [3.63, 3.8) is 0 Å². The van der Waals surface area contributed by atoms with Gasteiger partial charge in [-0.25, -0.2) is 18.4 Å². The smallest absolute Gasteiger partial charge is 0.242 e. The number of aliphatic hydroxyl groups is 1. The lowest BCUT2D eigenvalue weighted by Crippen LogP contribution is -2.51. The number of nitrogens with zero attached hydrogens (tertiary/aromatic N) is 4. The Morgan fingerprint density at radius 1 is 0.821 bits per heavy atom. The van der Waals surface area contributed by atoms with E-state index in [4.69, 9.17) is 9.47 Å². The minimum Gasteiger partial charge on any atom is -0.392 e. The van der Waals surface area contributed by atoms with Crippen LogP contribution in [0.3, 0.4) is 0 Å². The molecule has 56 heavy (non-hydrogen) atoms. The van der Waals surface area contributed by atoms with Gasteiger partial charge in [0.05, 0.1) is 23.7 Å². The Morgan fingerprint density at radius 3 is 2.14 bits per heavy atom. The van der Waals surface area contributed by atoms with Crippen LogP contribution in [0, 0.1) is 12.8 Å².